The zero-order chi connectivity index (χ0) is 18.2. The highest BCUT2D eigenvalue weighted by Crippen LogP contribution is 2.21. The number of anilines is 1. The number of hydrogen-bond donors (Lipinski definition) is 2. The lowest BCUT2D eigenvalue weighted by molar-refractivity contribution is -0.131. The Bertz CT molecular complexity index is 570. The molecule has 7 heteroatoms. The standard InChI is InChI=1S/C18H27N3O4/c1-4-24-17(25-5-2)11-19-18(23)20-14-10-16(22)21(12-14)15-8-6-13(3)7-9-15/h6-9,14,17H,4-5,10-12H2,1-3H3,(H2,19,20,23)/t14-/m1/s1. The van der Waals surface area contributed by atoms with Gasteiger partial charge < -0.3 is 25.0 Å². The Morgan fingerprint density at radius 3 is 2.48 bits per heavy atom. The van der Waals surface area contributed by atoms with E-state index in [1.54, 1.807) is 4.90 Å². The maximum atomic E-state index is 12.2. The molecule has 0 aromatic heterocycles. The Hall–Kier alpha value is -2.12. The van der Waals surface area contributed by atoms with E-state index in [-0.39, 0.29) is 24.5 Å². The molecule has 1 saturated heterocycles. The van der Waals surface area contributed by atoms with Crippen molar-refractivity contribution in [3.05, 3.63) is 29.8 Å². The first-order chi connectivity index (χ1) is 12.0. The number of ether oxygens (including phenoxy) is 2. The van der Waals surface area contributed by atoms with E-state index in [0.717, 1.165) is 11.3 Å². The molecule has 1 aromatic carbocycles. The molecule has 1 fully saturated rings. The summed E-state index contributed by atoms with van der Waals surface area (Å²) in [5.74, 6) is 0.00987. The molecule has 25 heavy (non-hydrogen) atoms. The fraction of sp³-hybridized carbons (Fsp3) is 0.556. The zero-order valence-electron chi connectivity index (χ0n) is 15.1. The van der Waals surface area contributed by atoms with Crippen molar-refractivity contribution in [1.29, 1.82) is 0 Å². The van der Waals surface area contributed by atoms with Crippen molar-refractivity contribution in [2.75, 3.05) is 31.2 Å². The second kappa shape index (κ2) is 9.39. The number of nitrogens with zero attached hydrogens (tertiary/aromatic N) is 1. The number of hydrogen-bond acceptors (Lipinski definition) is 4. The summed E-state index contributed by atoms with van der Waals surface area (Å²) in [7, 11) is 0. The summed E-state index contributed by atoms with van der Waals surface area (Å²) in [5.41, 5.74) is 2.00. The summed E-state index contributed by atoms with van der Waals surface area (Å²) >= 11 is 0. The van der Waals surface area contributed by atoms with Crippen LogP contribution < -0.4 is 15.5 Å². The van der Waals surface area contributed by atoms with Crippen LogP contribution >= 0.6 is 0 Å². The molecule has 1 aliphatic rings. The first-order valence-corrected chi connectivity index (χ1v) is 8.68. The maximum Gasteiger partial charge on any atom is 0.315 e. The Labute approximate surface area is 148 Å². The van der Waals surface area contributed by atoms with E-state index in [0.29, 0.717) is 26.2 Å². The second-order valence-corrected chi connectivity index (χ2v) is 5.94. The van der Waals surface area contributed by atoms with Crippen molar-refractivity contribution in [2.24, 2.45) is 0 Å². The minimum Gasteiger partial charge on any atom is -0.351 e. The summed E-state index contributed by atoms with van der Waals surface area (Å²) < 4.78 is 10.8. The lowest BCUT2D eigenvalue weighted by Gasteiger charge is -2.19. The van der Waals surface area contributed by atoms with E-state index in [1.807, 2.05) is 45.0 Å². The number of urea groups is 1. The average Bonchev–Trinajstić information content (AvgIpc) is 2.94. The normalized spacial score (nSPS) is 17.2. The van der Waals surface area contributed by atoms with Gasteiger partial charge in [0.25, 0.3) is 0 Å². The number of benzene rings is 1. The van der Waals surface area contributed by atoms with Crippen molar-refractivity contribution >= 4 is 17.6 Å². The Balaban J connectivity index is 1.82. The number of aryl methyl sites for hydroxylation is 1. The highest BCUT2D eigenvalue weighted by Gasteiger charge is 2.31. The Morgan fingerprint density at radius 2 is 1.88 bits per heavy atom. The quantitative estimate of drug-likeness (QED) is 0.702. The van der Waals surface area contributed by atoms with Crippen LogP contribution in [0.1, 0.15) is 25.8 Å². The molecule has 1 aliphatic heterocycles. The molecular formula is C18H27N3O4. The van der Waals surface area contributed by atoms with Crippen molar-refractivity contribution < 1.29 is 19.1 Å². The Morgan fingerprint density at radius 1 is 1.24 bits per heavy atom. The highest BCUT2D eigenvalue weighted by molar-refractivity contribution is 5.96. The van der Waals surface area contributed by atoms with Gasteiger partial charge in [0, 0.05) is 31.9 Å². The van der Waals surface area contributed by atoms with Gasteiger partial charge in [-0.25, -0.2) is 4.79 Å². The van der Waals surface area contributed by atoms with Crippen molar-refractivity contribution in [3.8, 4) is 0 Å². The van der Waals surface area contributed by atoms with Gasteiger partial charge in [-0.05, 0) is 32.9 Å². The highest BCUT2D eigenvalue weighted by atomic mass is 16.7. The Kier molecular flexibility index (Phi) is 7.21. The van der Waals surface area contributed by atoms with Gasteiger partial charge in [-0.15, -0.1) is 0 Å². The van der Waals surface area contributed by atoms with E-state index < -0.39 is 6.29 Å². The van der Waals surface area contributed by atoms with Gasteiger partial charge in [-0.1, -0.05) is 17.7 Å². The molecule has 3 amide bonds. The molecule has 7 nitrogen and oxygen atoms in total. The lowest BCUT2D eigenvalue weighted by Crippen LogP contribution is -2.46. The van der Waals surface area contributed by atoms with Crippen molar-refractivity contribution in [3.63, 3.8) is 0 Å². The molecule has 1 heterocycles. The molecule has 0 spiro atoms. The number of nitrogens with one attached hydrogen (secondary N) is 2. The van der Waals surface area contributed by atoms with Crippen molar-refractivity contribution in [2.45, 2.75) is 39.5 Å². The molecular weight excluding hydrogens is 322 g/mol. The molecule has 0 unspecified atom stereocenters. The van der Waals surface area contributed by atoms with Crippen LogP contribution in [0.3, 0.4) is 0 Å². The van der Waals surface area contributed by atoms with Gasteiger partial charge in [0.05, 0.1) is 12.6 Å². The van der Waals surface area contributed by atoms with Crippen LogP contribution in [0.5, 0.6) is 0 Å². The van der Waals surface area contributed by atoms with Crippen LogP contribution in [-0.2, 0) is 14.3 Å². The minimum absolute atomic E-state index is 0.00987. The molecule has 0 radical (unpaired) electrons. The van der Waals surface area contributed by atoms with Crippen LogP contribution in [0.15, 0.2) is 24.3 Å². The topological polar surface area (TPSA) is 79.9 Å². The number of rotatable bonds is 8. The predicted octanol–water partition coefficient (Wildman–Crippen LogP) is 1.80. The predicted molar refractivity (Wildman–Crippen MR) is 95.5 cm³/mol. The SMILES string of the molecule is CCOC(CNC(=O)N[C@@H]1CC(=O)N(c2ccc(C)cc2)C1)OCC. The van der Waals surface area contributed by atoms with E-state index in [4.69, 9.17) is 9.47 Å². The molecule has 138 valence electrons. The van der Waals surface area contributed by atoms with E-state index >= 15 is 0 Å². The third-order valence-electron chi connectivity index (χ3n) is 3.94. The van der Waals surface area contributed by atoms with Gasteiger partial charge in [0.1, 0.15) is 0 Å². The van der Waals surface area contributed by atoms with Gasteiger partial charge in [-0.2, -0.15) is 0 Å². The molecule has 1 atom stereocenters. The van der Waals surface area contributed by atoms with Crippen LogP contribution in [0.25, 0.3) is 0 Å². The van der Waals surface area contributed by atoms with Crippen LogP contribution in [0.2, 0.25) is 0 Å². The first-order valence-electron chi connectivity index (χ1n) is 8.68. The maximum absolute atomic E-state index is 12.2. The van der Waals surface area contributed by atoms with Gasteiger partial charge in [0.15, 0.2) is 6.29 Å². The van der Waals surface area contributed by atoms with Gasteiger partial charge >= 0.3 is 6.03 Å². The largest absolute Gasteiger partial charge is 0.351 e. The fourth-order valence-electron chi connectivity index (χ4n) is 2.73. The van der Waals surface area contributed by atoms with E-state index in [2.05, 4.69) is 10.6 Å². The van der Waals surface area contributed by atoms with Crippen LogP contribution in [0, 0.1) is 6.92 Å². The number of amides is 3. The molecule has 2 rings (SSSR count). The molecule has 0 aliphatic carbocycles. The lowest BCUT2D eigenvalue weighted by atomic mass is 10.2. The molecule has 1 aromatic rings. The zero-order valence-corrected chi connectivity index (χ0v) is 15.1. The molecule has 2 N–H and O–H groups in total. The first kappa shape index (κ1) is 19.2. The van der Waals surface area contributed by atoms with Crippen LogP contribution in [0.4, 0.5) is 10.5 Å². The number of carbonyl (C=O) groups is 2. The number of carbonyl (C=O) groups excluding carboxylic acids is 2. The van der Waals surface area contributed by atoms with Crippen molar-refractivity contribution in [1.82, 2.24) is 10.6 Å². The summed E-state index contributed by atoms with van der Waals surface area (Å²) in [6.45, 7) is 7.49. The van der Waals surface area contributed by atoms with Gasteiger partial charge in [0.2, 0.25) is 5.91 Å². The smallest absolute Gasteiger partial charge is 0.315 e. The summed E-state index contributed by atoms with van der Waals surface area (Å²) in [5, 5.41) is 5.56. The average molecular weight is 349 g/mol. The second-order valence-electron chi connectivity index (χ2n) is 5.94. The summed E-state index contributed by atoms with van der Waals surface area (Å²) in [6.07, 6.45) is -0.170. The molecule has 0 bridgehead atoms. The third kappa shape index (κ3) is 5.72. The summed E-state index contributed by atoms with van der Waals surface area (Å²) in [4.78, 5) is 25.9. The molecule has 0 saturated carbocycles. The fourth-order valence-corrected chi connectivity index (χ4v) is 2.73. The third-order valence-corrected chi connectivity index (χ3v) is 3.94. The van der Waals surface area contributed by atoms with Gasteiger partial charge in [-0.3, -0.25) is 4.79 Å². The minimum atomic E-state index is -0.463. The monoisotopic (exact) mass is 349 g/mol. The van der Waals surface area contributed by atoms with Crippen LogP contribution in [-0.4, -0.2) is 50.6 Å². The van der Waals surface area contributed by atoms with E-state index in [1.165, 1.54) is 0 Å². The summed E-state index contributed by atoms with van der Waals surface area (Å²) in [6, 6.07) is 7.24. The van der Waals surface area contributed by atoms with E-state index in [9.17, 15) is 9.59 Å².